The lowest BCUT2D eigenvalue weighted by Gasteiger charge is -2.28. The Hall–Kier alpha value is -4.62. The van der Waals surface area contributed by atoms with E-state index in [-0.39, 0.29) is 29.4 Å². The number of hydrogen-bond acceptors (Lipinski definition) is 4. The van der Waals surface area contributed by atoms with Crippen LogP contribution in [0.5, 0.6) is 5.75 Å². The highest BCUT2D eigenvalue weighted by atomic mass is 16.7. The Bertz CT molecular complexity index is 1540. The molecule has 49 heavy (non-hydrogen) atoms. The molecule has 1 aliphatic heterocycles. The molecule has 0 bridgehead atoms. The minimum atomic E-state index is -0.104. The number of allylic oxidation sites excluding steroid dienone is 3. The second kappa shape index (κ2) is 22.9. The number of H-pyrrole nitrogens is 1. The summed E-state index contributed by atoms with van der Waals surface area (Å²) in [6.45, 7) is 17.6. The molecule has 1 fully saturated rings. The molecule has 5 rings (SSSR count). The predicted octanol–water partition coefficient (Wildman–Crippen LogP) is 9.20. The minimum absolute atomic E-state index is 0.0442. The molecule has 1 aromatic heterocycles. The number of hydroxylamine groups is 2. The summed E-state index contributed by atoms with van der Waals surface area (Å²) in [6.07, 6.45) is 11.3. The smallest absolute Gasteiger partial charge is 0.249 e. The van der Waals surface area contributed by atoms with Crippen LogP contribution in [0.15, 0.2) is 110 Å². The lowest BCUT2D eigenvalue weighted by atomic mass is 10.00. The molecular formula is C42H57N3O4. The number of carbonyl (C=O) groups excluding carboxylic acids is 2. The monoisotopic (exact) mass is 667 g/mol. The summed E-state index contributed by atoms with van der Waals surface area (Å²) in [4.78, 5) is 33.0. The first-order valence-corrected chi connectivity index (χ1v) is 17.6. The molecule has 2 amide bonds. The van der Waals surface area contributed by atoms with Crippen molar-refractivity contribution in [2.75, 3.05) is 13.2 Å². The summed E-state index contributed by atoms with van der Waals surface area (Å²) in [5.74, 6) is 0.877. The van der Waals surface area contributed by atoms with Gasteiger partial charge in [0.15, 0.2) is 0 Å². The third kappa shape index (κ3) is 15.0. The van der Waals surface area contributed by atoms with Crippen molar-refractivity contribution in [2.24, 2.45) is 17.8 Å². The van der Waals surface area contributed by atoms with Crippen molar-refractivity contribution >= 4 is 22.7 Å². The van der Waals surface area contributed by atoms with Crippen LogP contribution in [0.3, 0.4) is 0 Å². The summed E-state index contributed by atoms with van der Waals surface area (Å²) in [5, 5.41) is 14.9. The quantitative estimate of drug-likeness (QED) is 0.147. The fourth-order valence-electron chi connectivity index (χ4n) is 5.07. The molecule has 0 radical (unpaired) electrons. The Morgan fingerprint density at radius 3 is 2.18 bits per heavy atom. The average molecular weight is 668 g/mol. The summed E-state index contributed by atoms with van der Waals surface area (Å²) < 4.78 is 0. The Kier molecular flexibility index (Phi) is 18.9. The van der Waals surface area contributed by atoms with Crippen molar-refractivity contribution in [2.45, 2.75) is 73.8 Å². The zero-order chi connectivity index (χ0) is 36.0. The fraction of sp³-hybridized carbons (Fsp3) is 0.381. The number of para-hydroxylation sites is 1. The number of nitrogens with zero attached hydrogens (tertiary/aromatic N) is 1. The molecule has 264 valence electrons. The number of phenolic OH excluding ortho intramolecular Hbond substituents is 1. The highest BCUT2D eigenvalue weighted by molar-refractivity contribution is 5.84. The Balaban J connectivity index is 0.000000278. The van der Waals surface area contributed by atoms with Gasteiger partial charge in [-0.05, 0) is 66.5 Å². The summed E-state index contributed by atoms with van der Waals surface area (Å²) in [7, 11) is 0. The van der Waals surface area contributed by atoms with Gasteiger partial charge in [-0.15, -0.1) is 0 Å². The van der Waals surface area contributed by atoms with Gasteiger partial charge >= 0.3 is 0 Å². The second-order valence-electron chi connectivity index (χ2n) is 12.3. The first kappa shape index (κ1) is 40.6. The van der Waals surface area contributed by atoms with Gasteiger partial charge in [-0.3, -0.25) is 14.4 Å². The van der Waals surface area contributed by atoms with Crippen molar-refractivity contribution in [3.8, 4) is 5.75 Å². The van der Waals surface area contributed by atoms with Crippen molar-refractivity contribution in [1.82, 2.24) is 15.4 Å². The number of rotatable bonds is 10. The van der Waals surface area contributed by atoms with Crippen LogP contribution in [0.1, 0.15) is 71.1 Å². The van der Waals surface area contributed by atoms with E-state index in [2.05, 4.69) is 48.9 Å². The first-order valence-electron chi connectivity index (χ1n) is 17.6. The molecule has 2 atom stereocenters. The number of nitrogens with one attached hydrogen (secondary N) is 2. The maximum absolute atomic E-state index is 12.3. The molecule has 1 aliphatic rings. The third-order valence-corrected chi connectivity index (χ3v) is 7.74. The van der Waals surface area contributed by atoms with E-state index in [0.29, 0.717) is 32.0 Å². The van der Waals surface area contributed by atoms with Crippen molar-refractivity contribution < 1.29 is 19.5 Å². The number of amides is 2. The summed E-state index contributed by atoms with van der Waals surface area (Å²) in [6, 6.07) is 25.1. The molecule has 0 saturated carbocycles. The largest absolute Gasteiger partial charge is 0.508 e. The average Bonchev–Trinajstić information content (AvgIpc) is 3.55. The topological polar surface area (TPSA) is 94.7 Å². The van der Waals surface area contributed by atoms with Crippen LogP contribution >= 0.6 is 0 Å². The standard InChI is InChI=1S/C19H20N2O.C14H19NO3.C7H12.C2H6/c1-14(19(22)21-12-15-7-3-2-4-8-15)11-16-13-20-18-10-6-5-9-17(16)18;1-11(10-12-4-6-13(16)7-5-12)14(17)15-8-2-3-9-18-15;1-4-5-6-7(2)3;1-2/h2-10,13-14,20H,11-12H2,1H3,(H,21,22);4-7,11,16H,2-3,8-10H2,1H3;4-7H,1H2,2-3H3;1-2H3/b;;6-5-;. The van der Waals surface area contributed by atoms with Gasteiger partial charge < -0.3 is 15.4 Å². The van der Waals surface area contributed by atoms with Gasteiger partial charge in [-0.1, -0.05) is 127 Å². The van der Waals surface area contributed by atoms with E-state index in [0.717, 1.165) is 35.9 Å². The van der Waals surface area contributed by atoms with Gasteiger partial charge in [0, 0.05) is 42.0 Å². The van der Waals surface area contributed by atoms with E-state index in [1.54, 1.807) is 18.2 Å². The number of aromatic nitrogens is 1. The predicted molar refractivity (Wildman–Crippen MR) is 203 cm³/mol. The molecule has 0 spiro atoms. The van der Waals surface area contributed by atoms with Crippen LogP contribution in [-0.2, 0) is 33.8 Å². The van der Waals surface area contributed by atoms with Gasteiger partial charge in [0.2, 0.25) is 11.8 Å². The number of benzene rings is 3. The van der Waals surface area contributed by atoms with Crippen molar-refractivity contribution in [3.63, 3.8) is 0 Å². The van der Waals surface area contributed by atoms with Gasteiger partial charge in [0.1, 0.15) is 5.75 Å². The summed E-state index contributed by atoms with van der Waals surface area (Å²) >= 11 is 0. The van der Waals surface area contributed by atoms with E-state index in [1.165, 1.54) is 16.0 Å². The van der Waals surface area contributed by atoms with E-state index in [1.807, 2.05) is 94.6 Å². The van der Waals surface area contributed by atoms with Crippen molar-refractivity contribution in [3.05, 3.63) is 127 Å². The lowest BCUT2D eigenvalue weighted by Crippen LogP contribution is -2.39. The second-order valence-corrected chi connectivity index (χ2v) is 12.3. The normalized spacial score (nSPS) is 13.6. The fourth-order valence-corrected chi connectivity index (χ4v) is 5.07. The first-order chi connectivity index (χ1) is 23.7. The summed E-state index contributed by atoms with van der Waals surface area (Å²) in [5.41, 5.74) is 4.48. The zero-order valence-electron chi connectivity index (χ0n) is 30.3. The SMILES string of the molecule is C=C/C=C\C(C)C.CC.CC(Cc1c[nH]c2ccccc12)C(=O)NCc1ccccc1.CC(Cc1ccc(O)cc1)C(=O)N1CCCCO1. The van der Waals surface area contributed by atoms with Crippen LogP contribution in [0.4, 0.5) is 0 Å². The number of phenols is 1. The Labute approximate surface area is 294 Å². The molecular weight excluding hydrogens is 610 g/mol. The molecule has 2 heterocycles. The van der Waals surface area contributed by atoms with E-state index < -0.39 is 0 Å². The Morgan fingerprint density at radius 2 is 1.57 bits per heavy atom. The molecule has 4 aromatic rings. The maximum Gasteiger partial charge on any atom is 0.249 e. The third-order valence-electron chi connectivity index (χ3n) is 7.74. The highest BCUT2D eigenvalue weighted by Crippen LogP contribution is 2.21. The molecule has 7 nitrogen and oxygen atoms in total. The molecule has 2 unspecified atom stereocenters. The van der Waals surface area contributed by atoms with Crippen LogP contribution in [0.2, 0.25) is 0 Å². The number of aromatic amines is 1. The number of carbonyl (C=O) groups is 2. The van der Waals surface area contributed by atoms with Crippen LogP contribution < -0.4 is 5.32 Å². The molecule has 7 heteroatoms. The minimum Gasteiger partial charge on any atom is -0.508 e. The number of hydrogen-bond donors (Lipinski definition) is 3. The molecule has 3 aromatic carbocycles. The van der Waals surface area contributed by atoms with E-state index >= 15 is 0 Å². The van der Waals surface area contributed by atoms with Gasteiger partial charge in [0.05, 0.1) is 6.61 Å². The molecule has 3 N–H and O–H groups in total. The van der Waals surface area contributed by atoms with Crippen molar-refractivity contribution in [1.29, 1.82) is 0 Å². The van der Waals surface area contributed by atoms with Gasteiger partial charge in [-0.2, -0.15) is 0 Å². The zero-order valence-corrected chi connectivity index (χ0v) is 30.3. The number of fused-ring (bicyclic) bond motifs is 1. The van der Waals surface area contributed by atoms with Gasteiger partial charge in [-0.25, -0.2) is 5.06 Å². The van der Waals surface area contributed by atoms with E-state index in [9.17, 15) is 14.7 Å². The van der Waals surface area contributed by atoms with E-state index in [4.69, 9.17) is 4.84 Å². The van der Waals surface area contributed by atoms with Gasteiger partial charge in [0.25, 0.3) is 0 Å². The maximum atomic E-state index is 12.3. The highest BCUT2D eigenvalue weighted by Gasteiger charge is 2.23. The number of aromatic hydroxyl groups is 1. The van der Waals surface area contributed by atoms with Crippen LogP contribution in [-0.4, -0.2) is 40.1 Å². The van der Waals surface area contributed by atoms with Crippen LogP contribution in [0.25, 0.3) is 10.9 Å². The Morgan fingerprint density at radius 1 is 0.898 bits per heavy atom. The van der Waals surface area contributed by atoms with Crippen LogP contribution in [0, 0.1) is 17.8 Å². The molecule has 1 saturated heterocycles. The molecule has 0 aliphatic carbocycles. The lowest BCUT2D eigenvalue weighted by molar-refractivity contribution is -0.200.